The first kappa shape index (κ1) is 10.7. The minimum Gasteiger partial charge on any atom is -0.381 e. The van der Waals surface area contributed by atoms with Crippen LogP contribution in [-0.2, 0) is 18.3 Å². The molecule has 2 unspecified atom stereocenters. The monoisotopic (exact) mass is 208 g/mol. The minimum atomic E-state index is 0.549. The molecule has 0 amide bonds. The minimum absolute atomic E-state index is 0.549. The fourth-order valence-corrected chi connectivity index (χ4v) is 2.06. The van der Waals surface area contributed by atoms with Crippen molar-refractivity contribution >= 4 is 0 Å². The topological polar surface area (TPSA) is 26.2 Å². The van der Waals surface area contributed by atoms with E-state index in [4.69, 9.17) is 4.74 Å². The van der Waals surface area contributed by atoms with Gasteiger partial charge in [0, 0.05) is 38.6 Å². The Morgan fingerprint density at radius 2 is 2.53 bits per heavy atom. The highest BCUT2D eigenvalue weighted by Crippen LogP contribution is 2.16. The van der Waals surface area contributed by atoms with Crippen LogP contribution in [0.15, 0.2) is 18.5 Å². The average molecular weight is 208 g/mol. The second-order valence-electron chi connectivity index (χ2n) is 4.48. The van der Waals surface area contributed by atoms with Crippen LogP contribution in [-0.4, -0.2) is 23.8 Å². The Labute approximate surface area is 91.4 Å². The van der Waals surface area contributed by atoms with Crippen LogP contribution in [0.3, 0.4) is 0 Å². The number of nitrogens with zero attached hydrogens (tertiary/aromatic N) is 1. The van der Waals surface area contributed by atoms with Gasteiger partial charge in [-0.3, -0.25) is 0 Å². The molecule has 1 saturated heterocycles. The number of ether oxygens (including phenoxy) is 1. The fraction of sp³-hybridized carbons (Fsp3) is 0.667. The summed E-state index contributed by atoms with van der Waals surface area (Å²) in [6.45, 7) is 5.06. The molecule has 2 heterocycles. The van der Waals surface area contributed by atoms with Gasteiger partial charge in [0.15, 0.2) is 0 Å². The predicted octanol–water partition coefficient (Wildman–Crippen LogP) is 1.54. The van der Waals surface area contributed by atoms with Crippen molar-refractivity contribution in [3.8, 4) is 0 Å². The molecule has 15 heavy (non-hydrogen) atoms. The molecule has 1 aromatic rings. The van der Waals surface area contributed by atoms with Crippen LogP contribution in [0.5, 0.6) is 0 Å². The Kier molecular flexibility index (Phi) is 3.44. The molecule has 2 rings (SSSR count). The zero-order valence-electron chi connectivity index (χ0n) is 9.57. The second kappa shape index (κ2) is 4.81. The van der Waals surface area contributed by atoms with Crippen LogP contribution in [0.1, 0.15) is 18.9 Å². The van der Waals surface area contributed by atoms with Gasteiger partial charge in [-0.25, -0.2) is 0 Å². The average Bonchev–Trinajstić information content (AvgIpc) is 2.84. The van der Waals surface area contributed by atoms with E-state index in [2.05, 4.69) is 42.3 Å². The van der Waals surface area contributed by atoms with Gasteiger partial charge in [0.05, 0.1) is 6.61 Å². The van der Waals surface area contributed by atoms with Gasteiger partial charge in [-0.15, -0.1) is 0 Å². The SMILES string of the molecule is CC(NCc1ccn(C)c1)C1CCOC1. The van der Waals surface area contributed by atoms with Gasteiger partial charge in [0.1, 0.15) is 0 Å². The fourth-order valence-electron chi connectivity index (χ4n) is 2.06. The van der Waals surface area contributed by atoms with Gasteiger partial charge in [0.25, 0.3) is 0 Å². The van der Waals surface area contributed by atoms with Crippen LogP contribution in [0.2, 0.25) is 0 Å². The number of hydrogen-bond donors (Lipinski definition) is 1. The number of aromatic nitrogens is 1. The zero-order chi connectivity index (χ0) is 10.7. The zero-order valence-corrected chi connectivity index (χ0v) is 9.57. The van der Waals surface area contributed by atoms with Crippen LogP contribution in [0.4, 0.5) is 0 Å². The summed E-state index contributed by atoms with van der Waals surface area (Å²) < 4.78 is 7.47. The van der Waals surface area contributed by atoms with Crippen LogP contribution in [0, 0.1) is 5.92 Å². The maximum absolute atomic E-state index is 5.39. The van der Waals surface area contributed by atoms with Crippen LogP contribution >= 0.6 is 0 Å². The van der Waals surface area contributed by atoms with Gasteiger partial charge in [0.2, 0.25) is 0 Å². The lowest BCUT2D eigenvalue weighted by molar-refractivity contribution is 0.178. The molecule has 0 aliphatic carbocycles. The van der Waals surface area contributed by atoms with E-state index >= 15 is 0 Å². The normalized spacial score (nSPS) is 23.2. The third-order valence-electron chi connectivity index (χ3n) is 3.19. The van der Waals surface area contributed by atoms with E-state index in [1.807, 2.05) is 0 Å². The molecular formula is C12H20N2O. The highest BCUT2D eigenvalue weighted by atomic mass is 16.5. The molecule has 2 atom stereocenters. The molecule has 3 nitrogen and oxygen atoms in total. The molecule has 0 bridgehead atoms. The summed E-state index contributed by atoms with van der Waals surface area (Å²) >= 11 is 0. The van der Waals surface area contributed by atoms with Gasteiger partial charge in [-0.05, 0) is 30.9 Å². The molecule has 1 aliphatic heterocycles. The summed E-state index contributed by atoms with van der Waals surface area (Å²) in [6.07, 6.45) is 5.44. The molecule has 1 aromatic heterocycles. The smallest absolute Gasteiger partial charge is 0.0509 e. The molecular weight excluding hydrogens is 188 g/mol. The molecule has 0 aromatic carbocycles. The van der Waals surface area contributed by atoms with Crippen molar-refractivity contribution in [2.24, 2.45) is 13.0 Å². The number of nitrogens with one attached hydrogen (secondary N) is 1. The highest BCUT2D eigenvalue weighted by molar-refractivity contribution is 5.09. The molecule has 0 radical (unpaired) electrons. The molecule has 0 spiro atoms. The summed E-state index contributed by atoms with van der Waals surface area (Å²) in [4.78, 5) is 0. The van der Waals surface area contributed by atoms with E-state index in [-0.39, 0.29) is 0 Å². The van der Waals surface area contributed by atoms with E-state index in [0.29, 0.717) is 12.0 Å². The Bertz CT molecular complexity index is 302. The lowest BCUT2D eigenvalue weighted by Crippen LogP contribution is -2.33. The maximum Gasteiger partial charge on any atom is 0.0509 e. The Hall–Kier alpha value is -0.800. The van der Waals surface area contributed by atoms with E-state index in [1.165, 1.54) is 12.0 Å². The van der Waals surface area contributed by atoms with Gasteiger partial charge < -0.3 is 14.6 Å². The van der Waals surface area contributed by atoms with Gasteiger partial charge >= 0.3 is 0 Å². The van der Waals surface area contributed by atoms with E-state index in [9.17, 15) is 0 Å². The first-order valence-electron chi connectivity index (χ1n) is 5.67. The number of hydrogen-bond acceptors (Lipinski definition) is 2. The standard InChI is InChI=1S/C12H20N2O/c1-10(12-4-6-15-9-12)13-7-11-3-5-14(2)8-11/h3,5,8,10,12-13H,4,6-7,9H2,1-2H3. The summed E-state index contributed by atoms with van der Waals surface area (Å²) in [5, 5.41) is 3.56. The third-order valence-corrected chi connectivity index (χ3v) is 3.19. The van der Waals surface area contributed by atoms with E-state index in [0.717, 1.165) is 19.8 Å². The van der Waals surface area contributed by atoms with E-state index < -0.39 is 0 Å². The van der Waals surface area contributed by atoms with Gasteiger partial charge in [-0.1, -0.05) is 0 Å². The third kappa shape index (κ3) is 2.83. The molecule has 0 saturated carbocycles. The largest absolute Gasteiger partial charge is 0.381 e. The Morgan fingerprint density at radius 1 is 1.67 bits per heavy atom. The first-order valence-corrected chi connectivity index (χ1v) is 5.67. The van der Waals surface area contributed by atoms with Crippen LogP contribution < -0.4 is 5.32 Å². The predicted molar refractivity (Wildman–Crippen MR) is 60.6 cm³/mol. The summed E-state index contributed by atoms with van der Waals surface area (Å²) in [5.74, 6) is 0.689. The van der Waals surface area contributed by atoms with Crippen LogP contribution in [0.25, 0.3) is 0 Å². The second-order valence-corrected chi connectivity index (χ2v) is 4.48. The van der Waals surface area contributed by atoms with Crippen molar-refractivity contribution in [1.82, 2.24) is 9.88 Å². The van der Waals surface area contributed by atoms with Crippen molar-refractivity contribution in [3.63, 3.8) is 0 Å². The highest BCUT2D eigenvalue weighted by Gasteiger charge is 2.21. The quantitative estimate of drug-likeness (QED) is 0.812. The molecule has 1 aliphatic rings. The number of aryl methyl sites for hydroxylation is 1. The van der Waals surface area contributed by atoms with Crippen molar-refractivity contribution in [2.75, 3.05) is 13.2 Å². The van der Waals surface area contributed by atoms with Crippen molar-refractivity contribution in [3.05, 3.63) is 24.0 Å². The number of rotatable bonds is 4. The summed E-state index contributed by atoms with van der Waals surface area (Å²) in [6, 6.07) is 2.71. The van der Waals surface area contributed by atoms with Crippen molar-refractivity contribution in [2.45, 2.75) is 25.9 Å². The first-order chi connectivity index (χ1) is 7.25. The Morgan fingerprint density at radius 3 is 3.13 bits per heavy atom. The van der Waals surface area contributed by atoms with Gasteiger partial charge in [-0.2, -0.15) is 0 Å². The van der Waals surface area contributed by atoms with Crippen molar-refractivity contribution in [1.29, 1.82) is 0 Å². The molecule has 84 valence electrons. The molecule has 3 heteroatoms. The summed E-state index contributed by atoms with van der Waals surface area (Å²) in [7, 11) is 2.05. The molecule has 1 fully saturated rings. The summed E-state index contributed by atoms with van der Waals surface area (Å²) in [5.41, 5.74) is 1.35. The lowest BCUT2D eigenvalue weighted by Gasteiger charge is -2.18. The molecule has 1 N–H and O–H groups in total. The Balaban J connectivity index is 1.77. The van der Waals surface area contributed by atoms with Crippen molar-refractivity contribution < 1.29 is 4.74 Å². The lowest BCUT2D eigenvalue weighted by atomic mass is 10.0. The van der Waals surface area contributed by atoms with E-state index in [1.54, 1.807) is 0 Å². The maximum atomic E-state index is 5.39.